The number of amides is 1. The number of aromatic nitrogens is 2. The Morgan fingerprint density at radius 2 is 2.00 bits per heavy atom. The van der Waals surface area contributed by atoms with E-state index in [0.717, 1.165) is 24.2 Å². The maximum absolute atomic E-state index is 12.7. The summed E-state index contributed by atoms with van der Waals surface area (Å²) in [6.45, 7) is 6.82. The van der Waals surface area contributed by atoms with Crippen LogP contribution < -0.4 is 15.6 Å². The summed E-state index contributed by atoms with van der Waals surface area (Å²) in [5.74, 6) is 1.64. The molecule has 1 amide bonds. The second-order valence-corrected chi connectivity index (χ2v) is 7.58. The molecule has 0 saturated carbocycles. The fraction of sp³-hybridized carbons (Fsp3) is 0.474. The minimum atomic E-state index is -0.196. The molecule has 2 atom stereocenters. The Labute approximate surface area is 157 Å². The van der Waals surface area contributed by atoms with Gasteiger partial charge in [-0.15, -0.1) is 11.8 Å². The maximum atomic E-state index is 12.7. The van der Waals surface area contributed by atoms with Crippen LogP contribution in [0, 0.1) is 0 Å². The third kappa shape index (κ3) is 3.67. The molecule has 0 aliphatic carbocycles. The van der Waals surface area contributed by atoms with E-state index in [4.69, 9.17) is 4.74 Å². The summed E-state index contributed by atoms with van der Waals surface area (Å²) in [6.07, 6.45) is 1.81. The number of nitrogens with one attached hydrogen (secondary N) is 2. The summed E-state index contributed by atoms with van der Waals surface area (Å²) in [6, 6.07) is 7.89. The van der Waals surface area contributed by atoms with Crippen molar-refractivity contribution in [1.29, 1.82) is 0 Å². The second kappa shape index (κ2) is 8.03. The first kappa shape index (κ1) is 18.6. The molecule has 6 nitrogen and oxygen atoms in total. The summed E-state index contributed by atoms with van der Waals surface area (Å²) in [7, 11) is 0. The maximum Gasteiger partial charge on any atom is 0.270 e. The molecule has 1 aromatic heterocycles. The molecule has 0 spiro atoms. The molecule has 7 heteroatoms. The van der Waals surface area contributed by atoms with Crippen LogP contribution in [0.4, 0.5) is 5.82 Å². The van der Waals surface area contributed by atoms with E-state index >= 15 is 0 Å². The van der Waals surface area contributed by atoms with Crippen LogP contribution in [0.25, 0.3) is 0 Å². The highest BCUT2D eigenvalue weighted by Gasteiger charge is 2.31. The molecule has 140 valence electrons. The van der Waals surface area contributed by atoms with E-state index in [2.05, 4.69) is 24.3 Å². The molecule has 3 rings (SSSR count). The van der Waals surface area contributed by atoms with Crippen molar-refractivity contribution in [1.82, 2.24) is 9.78 Å². The number of rotatable bonds is 6. The van der Waals surface area contributed by atoms with Gasteiger partial charge < -0.3 is 10.1 Å². The van der Waals surface area contributed by atoms with Gasteiger partial charge in [-0.05, 0) is 37.5 Å². The van der Waals surface area contributed by atoms with E-state index in [0.29, 0.717) is 23.7 Å². The van der Waals surface area contributed by atoms with Crippen molar-refractivity contribution in [3.8, 4) is 5.75 Å². The first-order valence-electron chi connectivity index (χ1n) is 9.03. The van der Waals surface area contributed by atoms with Crippen molar-refractivity contribution in [2.75, 3.05) is 17.7 Å². The van der Waals surface area contributed by atoms with Gasteiger partial charge in [0.2, 0.25) is 5.91 Å². The molecule has 2 N–H and O–H groups in total. The number of benzene rings is 1. The van der Waals surface area contributed by atoms with Crippen LogP contribution in [-0.2, 0) is 4.79 Å². The lowest BCUT2D eigenvalue weighted by molar-refractivity contribution is -0.113. The topological polar surface area (TPSA) is 76.1 Å². The Morgan fingerprint density at radius 1 is 1.27 bits per heavy atom. The number of aromatic amines is 1. The summed E-state index contributed by atoms with van der Waals surface area (Å²) in [5, 5.41) is 5.62. The lowest BCUT2D eigenvalue weighted by Gasteiger charge is -2.16. The monoisotopic (exact) mass is 375 g/mol. The molecule has 26 heavy (non-hydrogen) atoms. The molecule has 1 aliphatic heterocycles. The standard InChI is InChI=1S/C19H25N3O3S/c1-4-10-25-14-8-6-13(7-9-14)17-16-18(20-15(23)11-26-17)22(12(3)5-2)21-19(16)24/h6-9,12,17H,4-5,10-11H2,1-3H3,(H,20,23)(H,21,24). The molecule has 0 saturated heterocycles. The van der Waals surface area contributed by atoms with Crippen molar-refractivity contribution in [3.05, 3.63) is 45.7 Å². The lowest BCUT2D eigenvalue weighted by Crippen LogP contribution is -2.18. The molecular formula is C19H25N3O3S. The Hall–Kier alpha value is -2.15. The van der Waals surface area contributed by atoms with Crippen molar-refractivity contribution < 1.29 is 9.53 Å². The average molecular weight is 375 g/mol. The van der Waals surface area contributed by atoms with Gasteiger partial charge >= 0.3 is 0 Å². The van der Waals surface area contributed by atoms with Crippen LogP contribution in [0.2, 0.25) is 0 Å². The smallest absolute Gasteiger partial charge is 0.270 e. The summed E-state index contributed by atoms with van der Waals surface area (Å²) < 4.78 is 7.42. The van der Waals surface area contributed by atoms with Crippen molar-refractivity contribution in [2.45, 2.75) is 44.9 Å². The van der Waals surface area contributed by atoms with E-state index in [-0.39, 0.29) is 22.8 Å². The van der Waals surface area contributed by atoms with E-state index in [1.54, 1.807) is 4.68 Å². The number of H-pyrrole nitrogens is 1. The fourth-order valence-electron chi connectivity index (χ4n) is 2.98. The number of anilines is 1. The molecule has 2 unspecified atom stereocenters. The fourth-order valence-corrected chi connectivity index (χ4v) is 4.10. The number of hydrogen-bond donors (Lipinski definition) is 2. The van der Waals surface area contributed by atoms with Gasteiger partial charge in [0.15, 0.2) is 0 Å². The van der Waals surface area contributed by atoms with Crippen LogP contribution in [0.1, 0.15) is 56.0 Å². The third-order valence-electron chi connectivity index (χ3n) is 4.55. The predicted molar refractivity (Wildman–Crippen MR) is 105 cm³/mol. The molecule has 2 aromatic rings. The Bertz CT molecular complexity index is 826. The predicted octanol–water partition coefficient (Wildman–Crippen LogP) is 3.71. The van der Waals surface area contributed by atoms with E-state index in [1.165, 1.54) is 11.8 Å². The lowest BCUT2D eigenvalue weighted by atomic mass is 10.1. The van der Waals surface area contributed by atoms with Gasteiger partial charge in [0.25, 0.3) is 5.56 Å². The zero-order valence-corrected chi connectivity index (χ0v) is 16.2. The molecule has 1 aliphatic rings. The first-order chi connectivity index (χ1) is 12.5. The van der Waals surface area contributed by atoms with Crippen LogP contribution in [0.5, 0.6) is 5.75 Å². The number of fused-ring (bicyclic) bond motifs is 1. The third-order valence-corrected chi connectivity index (χ3v) is 5.82. The zero-order chi connectivity index (χ0) is 18.7. The molecule has 0 bridgehead atoms. The van der Waals surface area contributed by atoms with Gasteiger partial charge in [-0.25, -0.2) is 0 Å². The van der Waals surface area contributed by atoms with Gasteiger partial charge in [0.05, 0.1) is 23.2 Å². The number of ether oxygens (including phenoxy) is 1. The van der Waals surface area contributed by atoms with Crippen LogP contribution >= 0.6 is 11.8 Å². The van der Waals surface area contributed by atoms with Crippen molar-refractivity contribution in [3.63, 3.8) is 0 Å². The first-order valence-corrected chi connectivity index (χ1v) is 10.1. The molecule has 0 radical (unpaired) electrons. The Balaban J connectivity index is 2.00. The number of hydrogen-bond acceptors (Lipinski definition) is 4. The largest absolute Gasteiger partial charge is 0.494 e. The minimum Gasteiger partial charge on any atom is -0.494 e. The highest BCUT2D eigenvalue weighted by atomic mass is 32.2. The SMILES string of the molecule is CCCOc1ccc(C2SCC(=O)Nc3c2c(=O)[nH]n3C(C)CC)cc1. The summed E-state index contributed by atoms with van der Waals surface area (Å²) >= 11 is 1.47. The van der Waals surface area contributed by atoms with E-state index in [1.807, 2.05) is 31.2 Å². The van der Waals surface area contributed by atoms with Crippen molar-refractivity contribution >= 4 is 23.5 Å². The highest BCUT2D eigenvalue weighted by molar-refractivity contribution is 8.00. The number of carbonyl (C=O) groups is 1. The molecule has 2 heterocycles. The summed E-state index contributed by atoms with van der Waals surface area (Å²) in [5.41, 5.74) is 1.46. The van der Waals surface area contributed by atoms with Gasteiger partial charge in [-0.1, -0.05) is 26.0 Å². The van der Waals surface area contributed by atoms with Crippen LogP contribution in [-0.4, -0.2) is 28.0 Å². The van der Waals surface area contributed by atoms with Crippen LogP contribution in [0.3, 0.4) is 0 Å². The van der Waals surface area contributed by atoms with Gasteiger partial charge in [-0.2, -0.15) is 0 Å². The highest BCUT2D eigenvalue weighted by Crippen LogP contribution is 2.40. The quantitative estimate of drug-likeness (QED) is 0.807. The van der Waals surface area contributed by atoms with Crippen LogP contribution in [0.15, 0.2) is 29.1 Å². The summed E-state index contributed by atoms with van der Waals surface area (Å²) in [4.78, 5) is 24.9. The van der Waals surface area contributed by atoms with E-state index < -0.39 is 0 Å². The molecular weight excluding hydrogens is 350 g/mol. The Morgan fingerprint density at radius 3 is 2.65 bits per heavy atom. The van der Waals surface area contributed by atoms with Gasteiger partial charge in [0.1, 0.15) is 11.6 Å². The minimum absolute atomic E-state index is 0.0855. The normalized spacial score (nSPS) is 18.0. The number of thioether (sulfide) groups is 1. The molecule has 1 aromatic carbocycles. The number of nitrogens with zero attached hydrogens (tertiary/aromatic N) is 1. The van der Waals surface area contributed by atoms with E-state index in [9.17, 15) is 9.59 Å². The second-order valence-electron chi connectivity index (χ2n) is 6.49. The molecule has 0 fully saturated rings. The van der Waals surface area contributed by atoms with Gasteiger partial charge in [0, 0.05) is 6.04 Å². The van der Waals surface area contributed by atoms with Gasteiger partial charge in [-0.3, -0.25) is 19.4 Å². The van der Waals surface area contributed by atoms with Crippen molar-refractivity contribution in [2.24, 2.45) is 0 Å². The Kier molecular flexibility index (Phi) is 5.76. The number of carbonyl (C=O) groups excluding carboxylic acids is 1. The average Bonchev–Trinajstić information content (AvgIpc) is 2.85. The zero-order valence-electron chi connectivity index (χ0n) is 15.4.